The van der Waals surface area contributed by atoms with Gasteiger partial charge in [0.05, 0.1) is 6.10 Å². The number of rotatable bonds is 5. The fraction of sp³-hybridized carbons (Fsp3) is 0.800. The first-order chi connectivity index (χ1) is 10.5. The van der Waals surface area contributed by atoms with Gasteiger partial charge in [0.15, 0.2) is 6.10 Å². The number of hydrogen-bond donors (Lipinski definition) is 2. The molecule has 7 heteroatoms. The SMILES string of the molecule is COC1C(OC2CCN(C(O)OC(C)C)CC2)=NC=CC1O. The van der Waals surface area contributed by atoms with Gasteiger partial charge in [-0.05, 0) is 32.8 Å². The van der Waals surface area contributed by atoms with Gasteiger partial charge < -0.3 is 24.4 Å². The summed E-state index contributed by atoms with van der Waals surface area (Å²) in [7, 11) is 1.52. The molecule has 1 fully saturated rings. The van der Waals surface area contributed by atoms with Gasteiger partial charge in [-0.2, -0.15) is 0 Å². The number of methoxy groups -OCH3 is 1. The van der Waals surface area contributed by atoms with Gasteiger partial charge in [-0.1, -0.05) is 0 Å². The zero-order chi connectivity index (χ0) is 16.1. The average molecular weight is 314 g/mol. The highest BCUT2D eigenvalue weighted by Gasteiger charge is 2.31. The summed E-state index contributed by atoms with van der Waals surface area (Å²) < 4.78 is 16.5. The van der Waals surface area contributed by atoms with E-state index in [1.165, 1.54) is 13.3 Å². The van der Waals surface area contributed by atoms with Crippen molar-refractivity contribution in [1.82, 2.24) is 4.90 Å². The number of aliphatic imine (C=N–C) groups is 1. The summed E-state index contributed by atoms with van der Waals surface area (Å²) in [6.07, 6.45) is 2.44. The van der Waals surface area contributed by atoms with Gasteiger partial charge in [-0.3, -0.25) is 4.90 Å². The molecule has 2 aliphatic rings. The first-order valence-electron chi connectivity index (χ1n) is 7.70. The molecule has 2 N–H and O–H groups in total. The Labute approximate surface area is 131 Å². The molecule has 1 saturated heterocycles. The smallest absolute Gasteiger partial charge is 0.221 e. The van der Waals surface area contributed by atoms with Crippen LogP contribution >= 0.6 is 0 Å². The van der Waals surface area contributed by atoms with E-state index in [4.69, 9.17) is 14.2 Å². The molecule has 0 amide bonds. The van der Waals surface area contributed by atoms with Crippen LogP contribution in [0.25, 0.3) is 0 Å². The Morgan fingerprint density at radius 2 is 2.00 bits per heavy atom. The molecule has 0 aromatic carbocycles. The molecule has 2 heterocycles. The lowest BCUT2D eigenvalue weighted by molar-refractivity contribution is -0.218. The topological polar surface area (TPSA) is 83.8 Å². The summed E-state index contributed by atoms with van der Waals surface area (Å²) in [5.74, 6) is 0.412. The van der Waals surface area contributed by atoms with Crippen LogP contribution in [-0.4, -0.2) is 72.0 Å². The molecule has 7 nitrogen and oxygen atoms in total. The Balaban J connectivity index is 1.82. The van der Waals surface area contributed by atoms with Crippen LogP contribution in [-0.2, 0) is 14.2 Å². The van der Waals surface area contributed by atoms with Crippen LogP contribution in [0.3, 0.4) is 0 Å². The highest BCUT2D eigenvalue weighted by molar-refractivity contribution is 5.83. The van der Waals surface area contributed by atoms with Crippen molar-refractivity contribution in [3.05, 3.63) is 12.3 Å². The lowest BCUT2D eigenvalue weighted by Gasteiger charge is -2.36. The Kier molecular flexibility index (Phi) is 6.34. The van der Waals surface area contributed by atoms with E-state index in [2.05, 4.69) is 4.99 Å². The van der Waals surface area contributed by atoms with Gasteiger partial charge in [-0.25, -0.2) is 4.99 Å². The zero-order valence-electron chi connectivity index (χ0n) is 13.4. The lowest BCUT2D eigenvalue weighted by atomic mass is 10.1. The van der Waals surface area contributed by atoms with Crippen molar-refractivity contribution in [3.63, 3.8) is 0 Å². The summed E-state index contributed by atoms with van der Waals surface area (Å²) in [5, 5.41) is 19.8. The maximum atomic E-state index is 9.94. The number of likely N-dealkylation sites (tertiary alicyclic amines) is 1. The van der Waals surface area contributed by atoms with Crippen LogP contribution < -0.4 is 0 Å². The molecule has 2 rings (SSSR count). The molecule has 0 saturated carbocycles. The molecule has 0 radical (unpaired) electrons. The van der Waals surface area contributed by atoms with Gasteiger partial charge in [0.1, 0.15) is 12.2 Å². The van der Waals surface area contributed by atoms with Crippen LogP contribution in [0.4, 0.5) is 0 Å². The fourth-order valence-electron chi connectivity index (χ4n) is 2.58. The second kappa shape index (κ2) is 8.03. The van der Waals surface area contributed by atoms with E-state index < -0.39 is 18.6 Å². The fourth-order valence-corrected chi connectivity index (χ4v) is 2.58. The van der Waals surface area contributed by atoms with E-state index in [1.807, 2.05) is 18.7 Å². The predicted octanol–water partition coefficient (Wildman–Crippen LogP) is 0.470. The Bertz CT molecular complexity index is 405. The molecule has 22 heavy (non-hydrogen) atoms. The number of aliphatic hydroxyl groups excluding tert-OH is 2. The molecule has 0 aromatic rings. The van der Waals surface area contributed by atoms with Crippen LogP contribution in [0, 0.1) is 0 Å². The Morgan fingerprint density at radius 3 is 2.59 bits per heavy atom. The molecular weight excluding hydrogens is 288 g/mol. The van der Waals surface area contributed by atoms with Gasteiger partial charge in [0.25, 0.3) is 0 Å². The maximum Gasteiger partial charge on any atom is 0.221 e. The van der Waals surface area contributed by atoms with Gasteiger partial charge in [0.2, 0.25) is 12.3 Å². The minimum absolute atomic E-state index is 0.00222. The highest BCUT2D eigenvalue weighted by atomic mass is 16.6. The zero-order valence-corrected chi connectivity index (χ0v) is 13.4. The third-order valence-corrected chi connectivity index (χ3v) is 3.76. The quantitative estimate of drug-likeness (QED) is 0.718. The largest absolute Gasteiger partial charge is 0.475 e. The number of aliphatic hydroxyl groups is 2. The first-order valence-corrected chi connectivity index (χ1v) is 7.70. The van der Waals surface area contributed by atoms with Gasteiger partial charge in [-0.15, -0.1) is 0 Å². The molecule has 0 bridgehead atoms. The Hall–Kier alpha value is -0.990. The van der Waals surface area contributed by atoms with Crippen molar-refractivity contribution in [1.29, 1.82) is 0 Å². The van der Waals surface area contributed by atoms with Crippen molar-refractivity contribution in [3.8, 4) is 0 Å². The number of piperidine rings is 1. The van der Waals surface area contributed by atoms with Crippen LogP contribution in [0.2, 0.25) is 0 Å². The van der Waals surface area contributed by atoms with E-state index in [9.17, 15) is 10.2 Å². The standard InChI is InChI=1S/C15H26N2O5/c1-10(2)21-15(19)17-8-5-11(6-9-17)22-14-13(20-3)12(18)4-7-16-14/h4,7,10-13,15,18-19H,5-6,8-9H2,1-3H3. The van der Waals surface area contributed by atoms with Crippen LogP contribution in [0.1, 0.15) is 26.7 Å². The van der Waals surface area contributed by atoms with Crippen molar-refractivity contribution in [2.45, 2.75) is 57.5 Å². The summed E-state index contributed by atoms with van der Waals surface area (Å²) in [4.78, 5) is 6.04. The molecule has 3 atom stereocenters. The molecule has 0 aliphatic carbocycles. The first kappa shape index (κ1) is 17.4. The molecule has 2 aliphatic heterocycles. The third kappa shape index (κ3) is 4.50. The molecule has 3 unspecified atom stereocenters. The van der Waals surface area contributed by atoms with Crippen LogP contribution in [0.15, 0.2) is 17.3 Å². The minimum atomic E-state index is -0.871. The van der Waals surface area contributed by atoms with Gasteiger partial charge in [0, 0.05) is 26.4 Å². The summed E-state index contributed by atoms with van der Waals surface area (Å²) in [5.41, 5.74) is 0. The molecule has 126 valence electrons. The van der Waals surface area contributed by atoms with Crippen LogP contribution in [0.5, 0.6) is 0 Å². The normalized spacial score (nSPS) is 28.7. The third-order valence-electron chi connectivity index (χ3n) is 3.76. The van der Waals surface area contributed by atoms with E-state index in [1.54, 1.807) is 6.08 Å². The van der Waals surface area contributed by atoms with Crippen molar-refractivity contribution >= 4 is 5.90 Å². The monoisotopic (exact) mass is 314 g/mol. The number of ether oxygens (including phenoxy) is 3. The lowest BCUT2D eigenvalue weighted by Crippen LogP contribution is -2.47. The summed E-state index contributed by atoms with van der Waals surface area (Å²) in [6, 6.07) is 0. The van der Waals surface area contributed by atoms with Crippen molar-refractivity contribution in [2.75, 3.05) is 20.2 Å². The van der Waals surface area contributed by atoms with Crippen molar-refractivity contribution in [2.24, 2.45) is 4.99 Å². The Morgan fingerprint density at radius 1 is 1.32 bits per heavy atom. The van der Waals surface area contributed by atoms with E-state index in [-0.39, 0.29) is 12.2 Å². The summed E-state index contributed by atoms with van der Waals surface area (Å²) in [6.45, 7) is 5.15. The van der Waals surface area contributed by atoms with Crippen molar-refractivity contribution < 1.29 is 24.4 Å². The van der Waals surface area contributed by atoms with E-state index >= 15 is 0 Å². The van der Waals surface area contributed by atoms with E-state index in [0.717, 1.165) is 12.8 Å². The van der Waals surface area contributed by atoms with E-state index in [0.29, 0.717) is 19.0 Å². The average Bonchev–Trinajstić information content (AvgIpc) is 2.47. The maximum absolute atomic E-state index is 9.94. The number of hydrogen-bond acceptors (Lipinski definition) is 7. The molecule has 0 spiro atoms. The molecule has 0 aromatic heterocycles. The minimum Gasteiger partial charge on any atom is -0.475 e. The summed E-state index contributed by atoms with van der Waals surface area (Å²) >= 11 is 0. The van der Waals surface area contributed by atoms with Gasteiger partial charge >= 0.3 is 0 Å². The second-order valence-corrected chi connectivity index (χ2v) is 5.82. The molecular formula is C15H26N2O5. The second-order valence-electron chi connectivity index (χ2n) is 5.82. The number of nitrogens with zero attached hydrogens (tertiary/aromatic N) is 2. The predicted molar refractivity (Wildman–Crippen MR) is 81.3 cm³/mol. The highest BCUT2D eigenvalue weighted by Crippen LogP contribution is 2.19.